The topological polar surface area (TPSA) is 61.8 Å². The lowest BCUT2D eigenvalue weighted by molar-refractivity contribution is -0.106. The molecule has 2 aliphatic heterocycles. The van der Waals surface area contributed by atoms with Crippen LogP contribution in [0.5, 0.6) is 0 Å². The van der Waals surface area contributed by atoms with Crippen LogP contribution in [0, 0.1) is 11.3 Å². The Kier molecular flexibility index (Phi) is 5.76. The molecule has 3 fully saturated rings. The van der Waals surface area contributed by atoms with E-state index in [4.69, 9.17) is 4.74 Å². The second kappa shape index (κ2) is 8.27. The minimum Gasteiger partial charge on any atom is -0.377 e. The fraction of sp³-hybridized carbons (Fsp3) is 0.727. The molecule has 6 heteroatoms. The summed E-state index contributed by atoms with van der Waals surface area (Å²) in [7, 11) is 1.85. The second-order valence-electron chi connectivity index (χ2n) is 9.04. The van der Waals surface area contributed by atoms with Crippen LogP contribution in [0.1, 0.15) is 51.5 Å². The molecule has 0 bridgehead atoms. The Balaban J connectivity index is 1.35. The molecule has 6 nitrogen and oxygen atoms in total. The predicted molar refractivity (Wildman–Crippen MR) is 114 cm³/mol. The van der Waals surface area contributed by atoms with Gasteiger partial charge >= 0.3 is 0 Å². The molecule has 154 valence electrons. The Morgan fingerprint density at radius 3 is 2.82 bits per heavy atom. The van der Waals surface area contributed by atoms with E-state index in [9.17, 15) is 0 Å². The Bertz CT molecular complexity index is 696. The van der Waals surface area contributed by atoms with Crippen molar-refractivity contribution in [3.8, 4) is 0 Å². The monoisotopic (exact) mass is 385 g/mol. The molecule has 2 saturated heterocycles. The molecule has 0 aromatic carbocycles. The lowest BCUT2D eigenvalue weighted by Crippen LogP contribution is -2.67. The van der Waals surface area contributed by atoms with E-state index in [2.05, 4.69) is 51.5 Å². The van der Waals surface area contributed by atoms with Crippen molar-refractivity contribution in [2.24, 2.45) is 16.3 Å². The molecule has 3 atom stereocenters. The van der Waals surface area contributed by atoms with Gasteiger partial charge < -0.3 is 20.3 Å². The maximum absolute atomic E-state index is 5.91. The largest absolute Gasteiger partial charge is 0.377 e. The van der Waals surface area contributed by atoms with Gasteiger partial charge in [0.05, 0.1) is 6.10 Å². The first kappa shape index (κ1) is 19.5. The molecule has 1 aromatic rings. The van der Waals surface area contributed by atoms with E-state index in [1.54, 1.807) is 0 Å². The Morgan fingerprint density at radius 2 is 2.07 bits per heavy atom. The standard InChI is InChI=1S/C22H35N5O/c1-22(2)19(17-9-13-28-20(17)22)26-21(23-3)25-15-16-8-10-24-18(14-16)27-11-6-4-5-7-12-27/h8,10,14,17,19-20H,4-7,9,11-13,15H2,1-3H3,(H2,23,25,26). The smallest absolute Gasteiger partial charge is 0.191 e. The molecule has 3 aliphatic rings. The normalized spacial score (nSPS) is 29.6. The number of guanidine groups is 1. The Hall–Kier alpha value is -1.82. The lowest BCUT2D eigenvalue weighted by atomic mass is 9.57. The molecule has 1 saturated carbocycles. The molecule has 2 N–H and O–H groups in total. The molecular weight excluding hydrogens is 350 g/mol. The van der Waals surface area contributed by atoms with Gasteiger partial charge in [-0.05, 0) is 37.0 Å². The van der Waals surface area contributed by atoms with Crippen LogP contribution in [0.25, 0.3) is 0 Å². The number of anilines is 1. The molecule has 1 aromatic heterocycles. The van der Waals surface area contributed by atoms with Gasteiger partial charge in [-0.2, -0.15) is 0 Å². The van der Waals surface area contributed by atoms with Crippen LogP contribution in [0.2, 0.25) is 0 Å². The highest BCUT2D eigenvalue weighted by atomic mass is 16.5. The highest BCUT2D eigenvalue weighted by Gasteiger charge is 2.59. The average molecular weight is 386 g/mol. The van der Waals surface area contributed by atoms with E-state index in [1.165, 1.54) is 31.2 Å². The zero-order chi connectivity index (χ0) is 19.6. The Labute approximate surface area is 169 Å². The van der Waals surface area contributed by atoms with Crippen molar-refractivity contribution in [2.45, 2.75) is 64.6 Å². The summed E-state index contributed by atoms with van der Waals surface area (Å²) in [6.07, 6.45) is 8.68. The lowest BCUT2D eigenvalue weighted by Gasteiger charge is -2.54. The molecule has 28 heavy (non-hydrogen) atoms. The average Bonchev–Trinajstić information content (AvgIpc) is 2.99. The highest BCUT2D eigenvalue weighted by Crippen LogP contribution is 2.52. The summed E-state index contributed by atoms with van der Waals surface area (Å²) in [6, 6.07) is 4.73. The fourth-order valence-corrected chi connectivity index (χ4v) is 5.19. The van der Waals surface area contributed by atoms with Crippen LogP contribution in [0.4, 0.5) is 5.82 Å². The summed E-state index contributed by atoms with van der Waals surface area (Å²) >= 11 is 0. The van der Waals surface area contributed by atoms with Crippen LogP contribution < -0.4 is 15.5 Å². The molecule has 0 amide bonds. The van der Waals surface area contributed by atoms with E-state index in [-0.39, 0.29) is 5.41 Å². The van der Waals surface area contributed by atoms with Crippen LogP contribution >= 0.6 is 0 Å². The summed E-state index contributed by atoms with van der Waals surface area (Å²) in [5.74, 6) is 2.58. The van der Waals surface area contributed by atoms with Crippen molar-refractivity contribution in [2.75, 3.05) is 31.6 Å². The third-order valence-corrected chi connectivity index (χ3v) is 6.82. The van der Waals surface area contributed by atoms with Crippen LogP contribution in [-0.2, 0) is 11.3 Å². The number of nitrogens with zero attached hydrogens (tertiary/aromatic N) is 3. The molecule has 3 heterocycles. The van der Waals surface area contributed by atoms with Gasteiger partial charge in [-0.1, -0.05) is 26.7 Å². The van der Waals surface area contributed by atoms with Gasteiger partial charge in [0.15, 0.2) is 5.96 Å². The van der Waals surface area contributed by atoms with Gasteiger partial charge in [-0.3, -0.25) is 4.99 Å². The molecular formula is C22H35N5O. The minimum atomic E-state index is 0.148. The first-order valence-electron chi connectivity index (χ1n) is 10.9. The third kappa shape index (κ3) is 3.84. The zero-order valence-corrected chi connectivity index (χ0v) is 17.6. The van der Waals surface area contributed by atoms with Crippen molar-refractivity contribution in [3.05, 3.63) is 23.9 Å². The van der Waals surface area contributed by atoms with Crippen LogP contribution in [0.3, 0.4) is 0 Å². The molecule has 0 spiro atoms. The number of nitrogens with one attached hydrogen (secondary N) is 2. The number of hydrogen-bond donors (Lipinski definition) is 2. The molecule has 3 unspecified atom stereocenters. The van der Waals surface area contributed by atoms with Crippen LogP contribution in [0.15, 0.2) is 23.3 Å². The number of aliphatic imine (C=N–C) groups is 1. The predicted octanol–water partition coefficient (Wildman–Crippen LogP) is 2.94. The molecule has 0 radical (unpaired) electrons. The number of ether oxygens (including phenoxy) is 1. The quantitative estimate of drug-likeness (QED) is 0.616. The van der Waals surface area contributed by atoms with Crippen molar-refractivity contribution >= 4 is 11.8 Å². The Morgan fingerprint density at radius 1 is 1.29 bits per heavy atom. The first-order chi connectivity index (χ1) is 13.6. The maximum atomic E-state index is 5.91. The van der Waals surface area contributed by atoms with E-state index in [0.29, 0.717) is 18.1 Å². The molecule has 1 aliphatic carbocycles. The second-order valence-corrected chi connectivity index (χ2v) is 9.04. The summed E-state index contributed by atoms with van der Waals surface area (Å²) < 4.78 is 5.91. The van der Waals surface area contributed by atoms with E-state index < -0.39 is 0 Å². The number of rotatable bonds is 4. The summed E-state index contributed by atoms with van der Waals surface area (Å²) in [5, 5.41) is 7.15. The van der Waals surface area contributed by atoms with Crippen LogP contribution in [-0.4, -0.2) is 49.8 Å². The summed E-state index contributed by atoms with van der Waals surface area (Å²) in [4.78, 5) is 11.5. The SMILES string of the molecule is CN=C(NCc1ccnc(N2CCCCCC2)c1)NC1C2CCOC2C1(C)C. The number of aromatic nitrogens is 1. The van der Waals surface area contributed by atoms with Gasteiger partial charge in [-0.25, -0.2) is 4.98 Å². The van der Waals surface area contributed by atoms with E-state index >= 15 is 0 Å². The van der Waals surface area contributed by atoms with Gasteiger partial charge in [-0.15, -0.1) is 0 Å². The van der Waals surface area contributed by atoms with Crippen molar-refractivity contribution in [1.29, 1.82) is 0 Å². The van der Waals surface area contributed by atoms with Crippen molar-refractivity contribution in [3.63, 3.8) is 0 Å². The van der Waals surface area contributed by atoms with Gasteiger partial charge in [0, 0.05) is 56.9 Å². The molecule has 4 rings (SSSR count). The van der Waals surface area contributed by atoms with Crippen molar-refractivity contribution < 1.29 is 4.74 Å². The highest BCUT2D eigenvalue weighted by molar-refractivity contribution is 5.80. The van der Waals surface area contributed by atoms with E-state index in [0.717, 1.165) is 44.4 Å². The third-order valence-electron chi connectivity index (χ3n) is 6.82. The van der Waals surface area contributed by atoms with Gasteiger partial charge in [0.2, 0.25) is 0 Å². The fourth-order valence-electron chi connectivity index (χ4n) is 5.19. The number of pyridine rings is 1. The maximum Gasteiger partial charge on any atom is 0.191 e. The van der Waals surface area contributed by atoms with Gasteiger partial charge in [0.1, 0.15) is 5.82 Å². The van der Waals surface area contributed by atoms with Gasteiger partial charge in [0.25, 0.3) is 0 Å². The van der Waals surface area contributed by atoms with E-state index in [1.807, 2.05) is 13.2 Å². The minimum absolute atomic E-state index is 0.148. The summed E-state index contributed by atoms with van der Waals surface area (Å²) in [6.45, 7) is 8.46. The number of fused-ring (bicyclic) bond motifs is 1. The summed E-state index contributed by atoms with van der Waals surface area (Å²) in [5.41, 5.74) is 1.39. The van der Waals surface area contributed by atoms with Crippen molar-refractivity contribution in [1.82, 2.24) is 15.6 Å². The zero-order valence-electron chi connectivity index (χ0n) is 17.6. The first-order valence-corrected chi connectivity index (χ1v) is 10.9. The number of hydrogen-bond acceptors (Lipinski definition) is 4.